The van der Waals surface area contributed by atoms with E-state index in [0.717, 1.165) is 6.92 Å². The Balaban J connectivity index is 4.07. The maximum absolute atomic E-state index is 11.5. The van der Waals surface area contributed by atoms with Crippen LogP contribution in [0.3, 0.4) is 0 Å². The molecule has 0 saturated carbocycles. The SMILES string of the molecule is C/C(=C\C(=O)O)CC(F)(F)F. The van der Waals surface area contributed by atoms with E-state index >= 15 is 0 Å². The summed E-state index contributed by atoms with van der Waals surface area (Å²) in [6.45, 7) is 1.13. The molecule has 11 heavy (non-hydrogen) atoms. The number of hydrogen-bond donors (Lipinski definition) is 1. The fourth-order valence-electron chi connectivity index (χ4n) is 0.578. The lowest BCUT2D eigenvalue weighted by molar-refractivity contribution is -0.132. The first kappa shape index (κ1) is 10.0. The molecule has 0 aromatic carbocycles. The van der Waals surface area contributed by atoms with Crippen LogP contribution in [0.1, 0.15) is 13.3 Å². The van der Waals surface area contributed by atoms with E-state index in [1.165, 1.54) is 0 Å². The zero-order valence-electron chi connectivity index (χ0n) is 5.77. The molecular weight excluding hydrogens is 161 g/mol. The predicted molar refractivity (Wildman–Crippen MR) is 32.1 cm³/mol. The van der Waals surface area contributed by atoms with Crippen LogP contribution in [0.4, 0.5) is 13.2 Å². The number of carbonyl (C=O) groups is 1. The lowest BCUT2D eigenvalue weighted by Crippen LogP contribution is -2.08. The molecule has 0 spiro atoms. The van der Waals surface area contributed by atoms with Crippen molar-refractivity contribution >= 4 is 5.97 Å². The van der Waals surface area contributed by atoms with Gasteiger partial charge in [-0.2, -0.15) is 13.2 Å². The summed E-state index contributed by atoms with van der Waals surface area (Å²) in [5, 5.41) is 8.04. The van der Waals surface area contributed by atoms with Crippen LogP contribution in [0, 0.1) is 0 Å². The molecule has 0 amide bonds. The normalized spacial score (nSPS) is 13.3. The van der Waals surface area contributed by atoms with Crippen molar-refractivity contribution in [3.63, 3.8) is 0 Å². The molecule has 0 aliphatic heterocycles. The van der Waals surface area contributed by atoms with E-state index in [0.29, 0.717) is 6.08 Å². The van der Waals surface area contributed by atoms with Crippen LogP contribution in [0.2, 0.25) is 0 Å². The van der Waals surface area contributed by atoms with E-state index in [2.05, 4.69) is 0 Å². The van der Waals surface area contributed by atoms with E-state index < -0.39 is 18.6 Å². The minimum absolute atomic E-state index is 0.204. The van der Waals surface area contributed by atoms with Gasteiger partial charge in [-0.25, -0.2) is 4.79 Å². The molecule has 0 rings (SSSR count). The van der Waals surface area contributed by atoms with Crippen molar-refractivity contribution in [1.82, 2.24) is 0 Å². The molecule has 2 nitrogen and oxygen atoms in total. The highest BCUT2D eigenvalue weighted by molar-refractivity contribution is 5.80. The van der Waals surface area contributed by atoms with Gasteiger partial charge in [0.05, 0.1) is 6.42 Å². The van der Waals surface area contributed by atoms with Gasteiger partial charge in [-0.15, -0.1) is 0 Å². The average Bonchev–Trinajstić information content (AvgIpc) is 1.53. The number of hydrogen-bond acceptors (Lipinski definition) is 1. The van der Waals surface area contributed by atoms with E-state index in [-0.39, 0.29) is 5.57 Å². The molecule has 0 bridgehead atoms. The molecule has 0 unspecified atom stereocenters. The Kier molecular flexibility index (Phi) is 3.10. The molecular formula is C6H7F3O2. The summed E-state index contributed by atoms with van der Waals surface area (Å²) in [6, 6.07) is 0. The van der Waals surface area contributed by atoms with Crippen LogP contribution in [0.15, 0.2) is 11.6 Å². The Morgan fingerprint density at radius 2 is 2.00 bits per heavy atom. The second-order valence-electron chi connectivity index (χ2n) is 2.12. The molecule has 0 radical (unpaired) electrons. The summed E-state index contributed by atoms with van der Waals surface area (Å²) in [5.74, 6) is -1.35. The molecule has 0 heterocycles. The van der Waals surface area contributed by atoms with Crippen molar-refractivity contribution in [3.05, 3.63) is 11.6 Å². The topological polar surface area (TPSA) is 37.3 Å². The molecule has 0 saturated heterocycles. The van der Waals surface area contributed by atoms with Crippen LogP contribution < -0.4 is 0 Å². The fraction of sp³-hybridized carbons (Fsp3) is 0.500. The first-order chi connectivity index (χ1) is 4.81. The maximum Gasteiger partial charge on any atom is 0.392 e. The average molecular weight is 168 g/mol. The Hall–Kier alpha value is -1.00. The van der Waals surface area contributed by atoms with Crippen molar-refractivity contribution in [2.75, 3.05) is 0 Å². The number of aliphatic carboxylic acids is 1. The number of rotatable bonds is 2. The third-order valence-electron chi connectivity index (χ3n) is 0.849. The van der Waals surface area contributed by atoms with E-state index in [9.17, 15) is 18.0 Å². The van der Waals surface area contributed by atoms with Gasteiger partial charge in [0.25, 0.3) is 0 Å². The summed E-state index contributed by atoms with van der Waals surface area (Å²) >= 11 is 0. The third kappa shape index (κ3) is 6.89. The summed E-state index contributed by atoms with van der Waals surface area (Å²) in [5.41, 5.74) is -0.204. The Morgan fingerprint density at radius 1 is 1.55 bits per heavy atom. The molecule has 0 aliphatic rings. The highest BCUT2D eigenvalue weighted by Gasteiger charge is 2.27. The summed E-state index contributed by atoms with van der Waals surface area (Å²) in [7, 11) is 0. The van der Waals surface area contributed by atoms with Crippen molar-refractivity contribution in [2.24, 2.45) is 0 Å². The first-order valence-corrected chi connectivity index (χ1v) is 2.78. The number of alkyl halides is 3. The maximum atomic E-state index is 11.5. The Labute approximate surface area is 61.3 Å². The summed E-state index contributed by atoms with van der Waals surface area (Å²) in [4.78, 5) is 9.85. The molecule has 64 valence electrons. The largest absolute Gasteiger partial charge is 0.478 e. The molecule has 0 fully saturated rings. The molecule has 0 atom stereocenters. The molecule has 0 aliphatic carbocycles. The van der Waals surface area contributed by atoms with Crippen molar-refractivity contribution < 1.29 is 23.1 Å². The van der Waals surface area contributed by atoms with Crippen molar-refractivity contribution in [3.8, 4) is 0 Å². The smallest absolute Gasteiger partial charge is 0.392 e. The van der Waals surface area contributed by atoms with Gasteiger partial charge in [0.1, 0.15) is 0 Å². The van der Waals surface area contributed by atoms with Crippen LogP contribution in [-0.2, 0) is 4.79 Å². The molecule has 0 aromatic heterocycles. The van der Waals surface area contributed by atoms with Gasteiger partial charge < -0.3 is 5.11 Å². The van der Waals surface area contributed by atoms with E-state index in [4.69, 9.17) is 5.11 Å². The fourth-order valence-corrected chi connectivity index (χ4v) is 0.578. The molecule has 1 N–H and O–H groups in total. The van der Waals surface area contributed by atoms with Gasteiger partial charge in [0.2, 0.25) is 0 Å². The number of halogens is 3. The number of allylic oxidation sites excluding steroid dienone is 1. The first-order valence-electron chi connectivity index (χ1n) is 2.78. The Bertz CT molecular complexity index is 181. The lowest BCUT2D eigenvalue weighted by Gasteiger charge is -2.04. The highest BCUT2D eigenvalue weighted by atomic mass is 19.4. The van der Waals surface area contributed by atoms with Gasteiger partial charge in [-0.05, 0) is 6.92 Å². The van der Waals surface area contributed by atoms with Crippen LogP contribution in [0.5, 0.6) is 0 Å². The van der Waals surface area contributed by atoms with Crippen molar-refractivity contribution in [1.29, 1.82) is 0 Å². The monoisotopic (exact) mass is 168 g/mol. The van der Waals surface area contributed by atoms with Gasteiger partial charge >= 0.3 is 12.1 Å². The Morgan fingerprint density at radius 3 is 2.27 bits per heavy atom. The highest BCUT2D eigenvalue weighted by Crippen LogP contribution is 2.23. The minimum Gasteiger partial charge on any atom is -0.478 e. The summed E-state index contributed by atoms with van der Waals surface area (Å²) in [6.07, 6.45) is -4.94. The van der Waals surface area contributed by atoms with Gasteiger partial charge in [-0.1, -0.05) is 5.57 Å². The molecule has 0 aromatic rings. The van der Waals surface area contributed by atoms with Crippen LogP contribution in [0.25, 0.3) is 0 Å². The van der Waals surface area contributed by atoms with Crippen LogP contribution >= 0.6 is 0 Å². The zero-order valence-corrected chi connectivity index (χ0v) is 5.77. The summed E-state index contributed by atoms with van der Waals surface area (Å²) < 4.78 is 34.6. The van der Waals surface area contributed by atoms with Gasteiger partial charge in [-0.3, -0.25) is 0 Å². The third-order valence-corrected chi connectivity index (χ3v) is 0.849. The van der Waals surface area contributed by atoms with E-state index in [1.807, 2.05) is 0 Å². The minimum atomic E-state index is -4.32. The van der Waals surface area contributed by atoms with Gasteiger partial charge in [0, 0.05) is 6.08 Å². The number of carboxylic acids is 1. The second-order valence-corrected chi connectivity index (χ2v) is 2.12. The lowest BCUT2D eigenvalue weighted by atomic mass is 10.2. The number of carboxylic acid groups (broad SMARTS) is 1. The van der Waals surface area contributed by atoms with Crippen molar-refractivity contribution in [2.45, 2.75) is 19.5 Å². The standard InChI is InChI=1S/C6H7F3O2/c1-4(2-5(10)11)3-6(7,8)9/h2H,3H2,1H3,(H,10,11)/b4-2+. The van der Waals surface area contributed by atoms with E-state index in [1.54, 1.807) is 0 Å². The quantitative estimate of drug-likeness (QED) is 0.640. The zero-order chi connectivity index (χ0) is 9.07. The molecule has 5 heteroatoms. The predicted octanol–water partition coefficient (Wildman–Crippen LogP) is 1.97. The second kappa shape index (κ2) is 3.41. The van der Waals surface area contributed by atoms with Crippen LogP contribution in [-0.4, -0.2) is 17.3 Å². The van der Waals surface area contributed by atoms with Gasteiger partial charge in [0.15, 0.2) is 0 Å².